The largest absolute Gasteiger partial charge is 0.485 e. The summed E-state index contributed by atoms with van der Waals surface area (Å²) < 4.78 is 22.4. The first-order valence-electron chi connectivity index (χ1n) is 5.88. The number of rotatable bonds is 3. The highest BCUT2D eigenvalue weighted by Crippen LogP contribution is 2.31. The van der Waals surface area contributed by atoms with Crippen LogP contribution in [0.5, 0.6) is 5.75 Å². The fourth-order valence-corrected chi connectivity index (χ4v) is 2.01. The molecule has 3 aliphatic heterocycles. The zero-order chi connectivity index (χ0) is 11.7. The molecule has 0 spiro atoms. The molecular weight excluding hydrogens is 220 g/mol. The first-order valence-corrected chi connectivity index (χ1v) is 5.88. The first-order chi connectivity index (χ1) is 8.27. The Balaban J connectivity index is 1.66. The summed E-state index contributed by atoms with van der Waals surface area (Å²) in [5.74, 6) is 0.220. The Morgan fingerprint density at radius 2 is 1.82 bits per heavy atom. The lowest BCUT2D eigenvalue weighted by Gasteiger charge is -2.44. The van der Waals surface area contributed by atoms with E-state index in [0.29, 0.717) is 25.7 Å². The molecule has 0 atom stereocenters. The minimum absolute atomic E-state index is 0.268. The van der Waals surface area contributed by atoms with E-state index in [9.17, 15) is 0 Å². The van der Waals surface area contributed by atoms with Gasteiger partial charge in [0, 0.05) is 5.92 Å². The van der Waals surface area contributed by atoms with E-state index >= 15 is 0 Å². The maximum Gasteiger partial charge on any atom is 0.319 e. The standard InChI is InChI=1S/C13H16O4/c1-10-4-2-3-5-12(10)14-9-13-15-6-11(7-16-13)8-17-13/h2-5,11H,6-9H2,1H3. The lowest BCUT2D eigenvalue weighted by molar-refractivity contribution is -0.453. The van der Waals surface area contributed by atoms with Gasteiger partial charge < -0.3 is 18.9 Å². The molecule has 4 rings (SSSR count). The smallest absolute Gasteiger partial charge is 0.319 e. The molecule has 3 fully saturated rings. The molecule has 1 aromatic rings. The van der Waals surface area contributed by atoms with Gasteiger partial charge >= 0.3 is 5.97 Å². The average molecular weight is 236 g/mol. The first kappa shape index (κ1) is 11.0. The van der Waals surface area contributed by atoms with Crippen molar-refractivity contribution in [3.63, 3.8) is 0 Å². The van der Waals surface area contributed by atoms with Gasteiger partial charge in [0.15, 0.2) is 6.61 Å². The number of para-hydroxylation sites is 1. The van der Waals surface area contributed by atoms with Gasteiger partial charge in [-0.25, -0.2) is 0 Å². The van der Waals surface area contributed by atoms with Gasteiger partial charge in [0.05, 0.1) is 19.8 Å². The number of fused-ring (bicyclic) bond motifs is 3. The van der Waals surface area contributed by atoms with Gasteiger partial charge in [0.25, 0.3) is 0 Å². The van der Waals surface area contributed by atoms with Crippen LogP contribution in [0.3, 0.4) is 0 Å². The third kappa shape index (κ3) is 2.16. The monoisotopic (exact) mass is 236 g/mol. The highest BCUT2D eigenvalue weighted by atomic mass is 16.9. The fourth-order valence-electron chi connectivity index (χ4n) is 2.01. The maximum atomic E-state index is 5.72. The zero-order valence-electron chi connectivity index (χ0n) is 9.85. The van der Waals surface area contributed by atoms with Gasteiger partial charge in [0.1, 0.15) is 5.75 Å². The SMILES string of the molecule is Cc1ccccc1OCC12OCC(CO1)CO2. The summed E-state index contributed by atoms with van der Waals surface area (Å²) in [4.78, 5) is 0. The van der Waals surface area contributed by atoms with Crippen molar-refractivity contribution in [2.24, 2.45) is 5.92 Å². The van der Waals surface area contributed by atoms with Crippen LogP contribution in [0.1, 0.15) is 5.56 Å². The molecule has 0 amide bonds. The minimum atomic E-state index is -0.989. The van der Waals surface area contributed by atoms with Crippen LogP contribution in [0.4, 0.5) is 0 Å². The average Bonchev–Trinajstić information content (AvgIpc) is 2.40. The molecular formula is C13H16O4. The summed E-state index contributed by atoms with van der Waals surface area (Å²) in [7, 11) is 0. The third-order valence-electron chi connectivity index (χ3n) is 3.11. The second kappa shape index (κ2) is 4.29. The summed E-state index contributed by atoms with van der Waals surface area (Å²) in [6.07, 6.45) is 0. The van der Waals surface area contributed by atoms with Crippen molar-refractivity contribution in [3.05, 3.63) is 29.8 Å². The predicted octanol–water partition coefficient (Wildman–Crippen LogP) is 1.72. The number of hydrogen-bond donors (Lipinski definition) is 0. The Hall–Kier alpha value is -1.10. The van der Waals surface area contributed by atoms with Crippen LogP contribution in [0, 0.1) is 12.8 Å². The molecule has 3 saturated heterocycles. The van der Waals surface area contributed by atoms with Gasteiger partial charge in [-0.3, -0.25) is 0 Å². The summed E-state index contributed by atoms with van der Waals surface area (Å²) in [5.41, 5.74) is 1.09. The number of hydrogen-bond acceptors (Lipinski definition) is 4. The van der Waals surface area contributed by atoms with Crippen LogP contribution < -0.4 is 4.74 Å². The molecule has 4 heteroatoms. The lowest BCUT2D eigenvalue weighted by Crippen LogP contribution is -2.57. The molecule has 4 nitrogen and oxygen atoms in total. The number of aryl methyl sites for hydroxylation is 1. The van der Waals surface area contributed by atoms with Crippen molar-refractivity contribution >= 4 is 0 Å². The second-order valence-electron chi connectivity index (χ2n) is 4.54. The van der Waals surface area contributed by atoms with E-state index < -0.39 is 5.97 Å². The molecule has 0 unspecified atom stereocenters. The van der Waals surface area contributed by atoms with Crippen LogP contribution >= 0.6 is 0 Å². The molecule has 0 radical (unpaired) electrons. The van der Waals surface area contributed by atoms with E-state index in [1.807, 2.05) is 31.2 Å². The van der Waals surface area contributed by atoms with Crippen LogP contribution in [-0.4, -0.2) is 32.4 Å². The topological polar surface area (TPSA) is 36.9 Å². The summed E-state index contributed by atoms with van der Waals surface area (Å²) in [5, 5.41) is 0. The van der Waals surface area contributed by atoms with E-state index in [2.05, 4.69) is 0 Å². The Labute approximate surface area is 100 Å². The van der Waals surface area contributed by atoms with Crippen molar-refractivity contribution in [1.29, 1.82) is 0 Å². The van der Waals surface area contributed by atoms with Crippen LogP contribution in [0.25, 0.3) is 0 Å². The van der Waals surface area contributed by atoms with Gasteiger partial charge in [-0.1, -0.05) is 18.2 Å². The van der Waals surface area contributed by atoms with Crippen LogP contribution in [0.2, 0.25) is 0 Å². The molecule has 2 bridgehead atoms. The number of benzene rings is 1. The molecule has 0 aromatic heterocycles. The highest BCUT2D eigenvalue weighted by Gasteiger charge is 2.45. The molecule has 0 N–H and O–H groups in total. The Bertz CT molecular complexity index is 382. The zero-order valence-corrected chi connectivity index (χ0v) is 9.85. The molecule has 92 valence electrons. The van der Waals surface area contributed by atoms with E-state index in [1.165, 1.54) is 0 Å². The van der Waals surface area contributed by atoms with Gasteiger partial charge in [-0.2, -0.15) is 0 Å². The fraction of sp³-hybridized carbons (Fsp3) is 0.538. The number of ether oxygens (including phenoxy) is 4. The third-order valence-corrected chi connectivity index (χ3v) is 3.11. The van der Waals surface area contributed by atoms with E-state index in [1.54, 1.807) is 0 Å². The summed E-state index contributed by atoms with van der Waals surface area (Å²) >= 11 is 0. The van der Waals surface area contributed by atoms with E-state index in [-0.39, 0.29) is 6.61 Å². The Morgan fingerprint density at radius 1 is 1.18 bits per heavy atom. The summed E-state index contributed by atoms with van der Waals surface area (Å²) in [6.45, 7) is 4.35. The van der Waals surface area contributed by atoms with E-state index in [0.717, 1.165) is 11.3 Å². The van der Waals surface area contributed by atoms with Crippen molar-refractivity contribution in [2.45, 2.75) is 12.9 Å². The quantitative estimate of drug-likeness (QED) is 0.800. The van der Waals surface area contributed by atoms with E-state index in [4.69, 9.17) is 18.9 Å². The molecule has 3 aliphatic rings. The molecule has 0 aliphatic carbocycles. The molecule has 17 heavy (non-hydrogen) atoms. The van der Waals surface area contributed by atoms with Crippen molar-refractivity contribution in [1.82, 2.24) is 0 Å². The minimum Gasteiger partial charge on any atom is -0.485 e. The molecule has 3 heterocycles. The van der Waals surface area contributed by atoms with Crippen LogP contribution in [-0.2, 0) is 14.2 Å². The van der Waals surface area contributed by atoms with Crippen LogP contribution in [0.15, 0.2) is 24.3 Å². The second-order valence-corrected chi connectivity index (χ2v) is 4.54. The Kier molecular flexibility index (Phi) is 2.78. The lowest BCUT2D eigenvalue weighted by atomic mass is 10.1. The predicted molar refractivity (Wildman–Crippen MR) is 60.8 cm³/mol. The Morgan fingerprint density at radius 3 is 2.47 bits per heavy atom. The molecule has 1 aromatic carbocycles. The van der Waals surface area contributed by atoms with Crippen molar-refractivity contribution in [2.75, 3.05) is 26.4 Å². The van der Waals surface area contributed by atoms with Crippen molar-refractivity contribution < 1.29 is 18.9 Å². The molecule has 0 saturated carbocycles. The van der Waals surface area contributed by atoms with Gasteiger partial charge in [-0.05, 0) is 18.6 Å². The normalized spacial score (nSPS) is 31.5. The summed E-state index contributed by atoms with van der Waals surface area (Å²) in [6, 6.07) is 7.86. The highest BCUT2D eigenvalue weighted by molar-refractivity contribution is 5.31. The van der Waals surface area contributed by atoms with Gasteiger partial charge in [-0.15, -0.1) is 0 Å². The van der Waals surface area contributed by atoms with Gasteiger partial charge in [0.2, 0.25) is 0 Å². The van der Waals surface area contributed by atoms with Crippen molar-refractivity contribution in [3.8, 4) is 5.75 Å². The maximum absolute atomic E-state index is 5.72.